The van der Waals surface area contributed by atoms with E-state index in [1.165, 1.54) is 18.4 Å². The number of nitrogens with zero attached hydrogens (tertiary/aromatic N) is 2. The number of hydrogen-bond donors (Lipinski definition) is 1. The van der Waals surface area contributed by atoms with Crippen molar-refractivity contribution in [3.05, 3.63) is 58.7 Å². The topological polar surface area (TPSA) is 60.9 Å². The largest absolute Gasteiger partial charge is 0.421 e. The second-order valence-corrected chi connectivity index (χ2v) is 12.0. The molecule has 0 aliphatic carbocycles. The Balaban J connectivity index is 1.55. The lowest BCUT2D eigenvalue weighted by Crippen LogP contribution is -2.54. The van der Waals surface area contributed by atoms with Crippen molar-refractivity contribution in [1.82, 2.24) is 9.21 Å². The quantitative estimate of drug-likeness (QED) is 0.617. The second-order valence-electron chi connectivity index (χ2n) is 10.1. The maximum Gasteiger partial charge on any atom is 0.421 e. The first-order valence-corrected chi connectivity index (χ1v) is 13.8. The van der Waals surface area contributed by atoms with Gasteiger partial charge in [-0.3, -0.25) is 4.90 Å². The summed E-state index contributed by atoms with van der Waals surface area (Å²) in [6.45, 7) is 6.74. The maximum atomic E-state index is 13.3. The highest BCUT2D eigenvalue weighted by Gasteiger charge is 2.51. The summed E-state index contributed by atoms with van der Waals surface area (Å²) in [6.07, 6.45) is -0.923. The van der Waals surface area contributed by atoms with E-state index in [0.29, 0.717) is 18.7 Å². The lowest BCUT2D eigenvalue weighted by Gasteiger charge is -2.39. The number of aliphatic hydroxyl groups is 1. The third-order valence-corrected chi connectivity index (χ3v) is 8.82. The molecule has 35 heavy (non-hydrogen) atoms. The van der Waals surface area contributed by atoms with E-state index in [1.807, 2.05) is 19.1 Å². The van der Waals surface area contributed by atoms with Gasteiger partial charge in [-0.1, -0.05) is 43.3 Å². The SMILES string of the molecule is CCc1cc(CN2CC3CCC(C2)N3S(C)(=O)=O)ccc1-c1ccc(C(C)(O)C(F)(F)F)cc1C. The van der Waals surface area contributed by atoms with Gasteiger partial charge in [0.05, 0.1) is 6.26 Å². The Bertz CT molecular complexity index is 1200. The van der Waals surface area contributed by atoms with Crippen LogP contribution in [0.1, 0.15) is 48.9 Å². The van der Waals surface area contributed by atoms with E-state index in [2.05, 4.69) is 11.0 Å². The van der Waals surface area contributed by atoms with Gasteiger partial charge >= 0.3 is 6.18 Å². The van der Waals surface area contributed by atoms with Gasteiger partial charge in [-0.25, -0.2) is 8.42 Å². The van der Waals surface area contributed by atoms with Crippen molar-refractivity contribution in [3.8, 4) is 11.1 Å². The fraction of sp³-hybridized carbons (Fsp3) is 0.538. The van der Waals surface area contributed by atoms with Gasteiger partial charge in [-0.15, -0.1) is 0 Å². The van der Waals surface area contributed by atoms with Gasteiger partial charge in [-0.2, -0.15) is 17.5 Å². The minimum absolute atomic E-state index is 0.0312. The summed E-state index contributed by atoms with van der Waals surface area (Å²) in [5.74, 6) is 0. The van der Waals surface area contributed by atoms with Crippen LogP contribution in [0, 0.1) is 6.92 Å². The summed E-state index contributed by atoms with van der Waals surface area (Å²) >= 11 is 0. The molecule has 1 N–H and O–H groups in total. The number of sulfonamides is 1. The molecule has 9 heteroatoms. The highest BCUT2D eigenvalue weighted by molar-refractivity contribution is 7.88. The summed E-state index contributed by atoms with van der Waals surface area (Å²) in [7, 11) is -3.20. The maximum absolute atomic E-state index is 13.3. The molecule has 4 rings (SSSR count). The van der Waals surface area contributed by atoms with Crippen LogP contribution in [0.5, 0.6) is 0 Å². The molecule has 2 aromatic rings. The van der Waals surface area contributed by atoms with Crippen molar-refractivity contribution in [1.29, 1.82) is 0 Å². The standard InChI is InChI=1S/C26H33F3N2O3S/c1-5-19-13-18(14-30-15-21-8-9-22(16-30)31(21)35(4,33)34)6-10-24(19)23-11-7-20(12-17(23)2)25(3,32)26(27,28)29/h6-7,10-13,21-22,32H,5,8-9,14-16H2,1-4H3. The minimum Gasteiger partial charge on any atom is -0.376 e. The molecular weight excluding hydrogens is 477 g/mol. The van der Waals surface area contributed by atoms with Crippen molar-refractivity contribution < 1.29 is 26.7 Å². The zero-order valence-electron chi connectivity index (χ0n) is 20.6. The Morgan fingerprint density at radius 3 is 2.14 bits per heavy atom. The Kier molecular flexibility index (Phi) is 6.85. The van der Waals surface area contributed by atoms with Gasteiger partial charge in [-0.05, 0) is 66.5 Å². The molecule has 2 aliphatic rings. The Hall–Kier alpha value is -1.94. The third-order valence-electron chi connectivity index (χ3n) is 7.46. The number of likely N-dealkylation sites (tertiary alicyclic amines) is 1. The minimum atomic E-state index is -4.76. The van der Waals surface area contributed by atoms with Crippen molar-refractivity contribution in [2.75, 3.05) is 19.3 Å². The number of fused-ring (bicyclic) bond motifs is 2. The molecule has 3 unspecified atom stereocenters. The third kappa shape index (κ3) is 5.01. The van der Waals surface area contributed by atoms with E-state index in [0.717, 1.165) is 55.0 Å². The first-order chi connectivity index (χ1) is 16.2. The van der Waals surface area contributed by atoms with Crippen LogP contribution in [0.2, 0.25) is 0 Å². The zero-order valence-corrected chi connectivity index (χ0v) is 21.4. The van der Waals surface area contributed by atoms with Gasteiger partial charge in [0, 0.05) is 31.7 Å². The average molecular weight is 511 g/mol. The Morgan fingerprint density at radius 1 is 1.03 bits per heavy atom. The monoisotopic (exact) mass is 510 g/mol. The summed E-state index contributed by atoms with van der Waals surface area (Å²) in [4.78, 5) is 2.32. The summed E-state index contributed by atoms with van der Waals surface area (Å²) in [5, 5.41) is 10.0. The number of rotatable bonds is 6. The molecule has 0 amide bonds. The van der Waals surface area contributed by atoms with Crippen molar-refractivity contribution in [2.45, 2.75) is 70.4 Å². The summed E-state index contributed by atoms with van der Waals surface area (Å²) < 4.78 is 65.8. The van der Waals surface area contributed by atoms with Crippen molar-refractivity contribution in [3.63, 3.8) is 0 Å². The molecule has 3 atom stereocenters. The van der Waals surface area contributed by atoms with E-state index >= 15 is 0 Å². The highest BCUT2D eigenvalue weighted by atomic mass is 32.2. The molecule has 2 saturated heterocycles. The molecule has 0 aromatic heterocycles. The van der Waals surface area contributed by atoms with Crippen LogP contribution in [0.15, 0.2) is 36.4 Å². The molecule has 0 saturated carbocycles. The van der Waals surface area contributed by atoms with E-state index in [1.54, 1.807) is 17.3 Å². The number of benzene rings is 2. The predicted molar refractivity (Wildman–Crippen MR) is 130 cm³/mol. The van der Waals surface area contributed by atoms with Crippen molar-refractivity contribution >= 4 is 10.0 Å². The van der Waals surface area contributed by atoms with E-state index in [9.17, 15) is 26.7 Å². The van der Waals surface area contributed by atoms with Crippen LogP contribution in [0.25, 0.3) is 11.1 Å². The summed E-state index contributed by atoms with van der Waals surface area (Å²) in [6, 6.07) is 10.7. The average Bonchev–Trinajstić information content (AvgIpc) is 3.05. The fourth-order valence-corrected chi connectivity index (χ4v) is 7.04. The first kappa shape index (κ1) is 26.1. The Morgan fingerprint density at radius 2 is 1.63 bits per heavy atom. The second kappa shape index (κ2) is 9.18. The first-order valence-electron chi connectivity index (χ1n) is 12.0. The molecule has 0 radical (unpaired) electrons. The number of hydrogen-bond acceptors (Lipinski definition) is 4. The molecule has 5 nitrogen and oxygen atoms in total. The molecular formula is C26H33F3N2O3S. The molecule has 2 fully saturated rings. The van der Waals surface area contributed by atoms with Crippen LogP contribution in [-0.4, -0.2) is 60.3 Å². The van der Waals surface area contributed by atoms with Crippen LogP contribution in [-0.2, 0) is 28.6 Å². The number of alkyl halides is 3. The van der Waals surface area contributed by atoms with Gasteiger partial charge in [0.1, 0.15) is 0 Å². The molecule has 2 bridgehead atoms. The van der Waals surface area contributed by atoms with Gasteiger partial charge in [0.2, 0.25) is 10.0 Å². The molecule has 0 spiro atoms. The van der Waals surface area contributed by atoms with E-state index in [-0.39, 0.29) is 17.6 Å². The fourth-order valence-electron chi connectivity index (χ4n) is 5.61. The van der Waals surface area contributed by atoms with E-state index in [4.69, 9.17) is 0 Å². The van der Waals surface area contributed by atoms with Crippen molar-refractivity contribution in [2.24, 2.45) is 0 Å². The van der Waals surface area contributed by atoms with Crippen LogP contribution < -0.4 is 0 Å². The highest BCUT2D eigenvalue weighted by Crippen LogP contribution is 2.40. The number of halogens is 3. The molecule has 2 aromatic carbocycles. The number of piperazine rings is 1. The van der Waals surface area contributed by atoms with Gasteiger partial charge < -0.3 is 5.11 Å². The lowest BCUT2D eigenvalue weighted by atomic mass is 9.88. The normalized spacial score (nSPS) is 23.4. The zero-order chi connectivity index (χ0) is 25.8. The molecule has 2 heterocycles. The Labute approximate surface area is 205 Å². The van der Waals surface area contributed by atoms with E-state index < -0.39 is 21.8 Å². The molecule has 2 aliphatic heterocycles. The molecule has 192 valence electrons. The number of aryl methyl sites for hydroxylation is 2. The van der Waals surface area contributed by atoms with Gasteiger partial charge in [0.25, 0.3) is 0 Å². The summed E-state index contributed by atoms with van der Waals surface area (Å²) in [5.41, 5.74) is 1.62. The van der Waals surface area contributed by atoms with Crippen LogP contribution in [0.3, 0.4) is 0 Å². The van der Waals surface area contributed by atoms with Gasteiger partial charge in [0.15, 0.2) is 5.60 Å². The van der Waals surface area contributed by atoms with Crippen LogP contribution >= 0.6 is 0 Å². The predicted octanol–water partition coefficient (Wildman–Crippen LogP) is 4.60. The van der Waals surface area contributed by atoms with Crippen LogP contribution in [0.4, 0.5) is 13.2 Å². The smallest absolute Gasteiger partial charge is 0.376 e. The lowest BCUT2D eigenvalue weighted by molar-refractivity contribution is -0.258.